The van der Waals surface area contributed by atoms with Crippen LogP contribution in [0.15, 0.2) is 48.5 Å². The van der Waals surface area contributed by atoms with E-state index in [1.165, 1.54) is 6.92 Å². The van der Waals surface area contributed by atoms with Gasteiger partial charge in [0.25, 0.3) is 5.92 Å². The Hall–Kier alpha value is -3.49. The molecular weight excluding hydrogens is 446 g/mol. The van der Waals surface area contributed by atoms with Crippen molar-refractivity contribution >= 4 is 18.0 Å². The van der Waals surface area contributed by atoms with Gasteiger partial charge in [-0.05, 0) is 29.2 Å². The molecule has 1 heterocycles. The van der Waals surface area contributed by atoms with Crippen LogP contribution in [0.2, 0.25) is 0 Å². The maximum absolute atomic E-state index is 13.9. The Morgan fingerprint density at radius 2 is 1.65 bits per heavy atom. The molecule has 2 N–H and O–H groups in total. The monoisotopic (exact) mass is 472 g/mol. The van der Waals surface area contributed by atoms with Crippen LogP contribution in [0.5, 0.6) is 0 Å². The van der Waals surface area contributed by atoms with Crippen molar-refractivity contribution in [1.82, 2.24) is 10.2 Å². The standard InChI is InChI=1S/C25H26F2N2O5/c1-14(22(30)29-11-21(23(31)32)25(26,27)13-29)15(2)28-24(33)34-12-20-18-9-5-3-7-16(18)17-8-4-6-10-19(17)20/h3-10,14-15,20-21H,11-13H2,1-2H3,(H,28,33)(H,31,32). The Kier molecular flexibility index (Phi) is 6.29. The number of likely N-dealkylation sites (tertiary alicyclic amines) is 1. The second-order valence-corrected chi connectivity index (χ2v) is 8.92. The number of fused-ring (bicyclic) bond motifs is 3. The molecule has 0 radical (unpaired) electrons. The summed E-state index contributed by atoms with van der Waals surface area (Å²) in [7, 11) is 0. The second kappa shape index (κ2) is 9.04. The molecule has 1 fully saturated rings. The van der Waals surface area contributed by atoms with Crippen LogP contribution < -0.4 is 5.32 Å². The van der Waals surface area contributed by atoms with E-state index in [0.717, 1.165) is 27.2 Å². The zero-order valence-electron chi connectivity index (χ0n) is 18.8. The van der Waals surface area contributed by atoms with Gasteiger partial charge in [0, 0.05) is 18.5 Å². The molecule has 34 heavy (non-hydrogen) atoms. The van der Waals surface area contributed by atoms with E-state index >= 15 is 0 Å². The van der Waals surface area contributed by atoms with Crippen LogP contribution in [0.25, 0.3) is 11.1 Å². The molecule has 7 nitrogen and oxygen atoms in total. The highest BCUT2D eigenvalue weighted by atomic mass is 19.3. The van der Waals surface area contributed by atoms with Gasteiger partial charge in [0.1, 0.15) is 12.5 Å². The number of carbonyl (C=O) groups excluding carboxylic acids is 2. The molecule has 0 bridgehead atoms. The topological polar surface area (TPSA) is 95.9 Å². The zero-order valence-corrected chi connectivity index (χ0v) is 18.8. The van der Waals surface area contributed by atoms with Crippen LogP contribution in [-0.4, -0.2) is 59.6 Å². The van der Waals surface area contributed by atoms with E-state index in [2.05, 4.69) is 5.32 Å². The van der Waals surface area contributed by atoms with E-state index in [1.54, 1.807) is 6.92 Å². The maximum Gasteiger partial charge on any atom is 0.407 e. The number of nitrogens with one attached hydrogen (secondary N) is 1. The van der Waals surface area contributed by atoms with Crippen LogP contribution in [0.1, 0.15) is 30.9 Å². The first-order valence-electron chi connectivity index (χ1n) is 11.1. The summed E-state index contributed by atoms with van der Waals surface area (Å²) in [5.74, 6) is -8.68. The molecule has 3 atom stereocenters. The molecule has 3 unspecified atom stereocenters. The van der Waals surface area contributed by atoms with Gasteiger partial charge in [-0.2, -0.15) is 0 Å². The SMILES string of the molecule is CC(NC(=O)OCC1c2ccccc2-c2ccccc21)C(C)C(=O)N1CC(C(=O)O)C(F)(F)C1. The fourth-order valence-electron chi connectivity index (χ4n) is 4.66. The number of alkyl carbamates (subject to hydrolysis) is 1. The predicted octanol–water partition coefficient (Wildman–Crippen LogP) is 3.73. The van der Waals surface area contributed by atoms with Gasteiger partial charge in [0.2, 0.25) is 5.91 Å². The number of aliphatic carboxylic acids is 1. The number of ether oxygens (including phenoxy) is 1. The molecule has 1 saturated heterocycles. The first-order chi connectivity index (χ1) is 16.1. The highest BCUT2D eigenvalue weighted by Gasteiger charge is 2.54. The minimum absolute atomic E-state index is 0.105. The van der Waals surface area contributed by atoms with Gasteiger partial charge >= 0.3 is 12.1 Å². The third-order valence-electron chi connectivity index (χ3n) is 6.75. The lowest BCUT2D eigenvalue weighted by molar-refractivity contribution is -0.151. The van der Waals surface area contributed by atoms with Crippen LogP contribution >= 0.6 is 0 Å². The van der Waals surface area contributed by atoms with Crippen molar-refractivity contribution in [2.45, 2.75) is 31.7 Å². The Balaban J connectivity index is 1.35. The maximum atomic E-state index is 13.9. The number of halogens is 2. The number of carbonyl (C=O) groups is 3. The summed E-state index contributed by atoms with van der Waals surface area (Å²) >= 11 is 0. The Labute approximate surface area is 195 Å². The number of alkyl halides is 2. The van der Waals surface area contributed by atoms with E-state index < -0.39 is 54.9 Å². The highest BCUT2D eigenvalue weighted by molar-refractivity contribution is 5.82. The number of carboxylic acid groups (broad SMARTS) is 1. The molecule has 2 aromatic carbocycles. The third kappa shape index (κ3) is 4.34. The van der Waals surface area contributed by atoms with E-state index in [1.807, 2.05) is 48.5 Å². The first kappa shape index (κ1) is 23.7. The van der Waals surface area contributed by atoms with E-state index in [4.69, 9.17) is 9.84 Å². The average Bonchev–Trinajstić information content (AvgIpc) is 3.30. The summed E-state index contributed by atoms with van der Waals surface area (Å²) in [6.07, 6.45) is -0.718. The van der Waals surface area contributed by atoms with Gasteiger partial charge in [-0.3, -0.25) is 9.59 Å². The lowest BCUT2D eigenvalue weighted by atomic mass is 9.98. The molecule has 9 heteroatoms. The molecule has 180 valence electrons. The molecule has 2 amide bonds. The summed E-state index contributed by atoms with van der Waals surface area (Å²) < 4.78 is 33.4. The summed E-state index contributed by atoms with van der Waals surface area (Å²) in [6.45, 7) is 1.66. The second-order valence-electron chi connectivity index (χ2n) is 8.92. The lowest BCUT2D eigenvalue weighted by Crippen LogP contribution is -2.45. The van der Waals surface area contributed by atoms with Crippen molar-refractivity contribution in [2.75, 3.05) is 19.7 Å². The summed E-state index contributed by atoms with van der Waals surface area (Å²) in [4.78, 5) is 37.1. The molecule has 1 aliphatic carbocycles. The van der Waals surface area contributed by atoms with Gasteiger partial charge in [-0.25, -0.2) is 13.6 Å². The number of rotatable bonds is 6. The van der Waals surface area contributed by atoms with Crippen molar-refractivity contribution in [3.05, 3.63) is 59.7 Å². The molecular formula is C25H26F2N2O5. The Bertz CT molecular complexity index is 1080. The third-order valence-corrected chi connectivity index (χ3v) is 6.75. The molecule has 2 aliphatic rings. The number of nitrogens with zero attached hydrogens (tertiary/aromatic N) is 1. The van der Waals surface area contributed by atoms with Crippen molar-refractivity contribution in [2.24, 2.45) is 11.8 Å². The Morgan fingerprint density at radius 3 is 2.18 bits per heavy atom. The minimum Gasteiger partial charge on any atom is -0.481 e. The molecule has 0 saturated carbocycles. The van der Waals surface area contributed by atoms with E-state index in [0.29, 0.717) is 0 Å². The first-order valence-corrected chi connectivity index (χ1v) is 11.1. The van der Waals surface area contributed by atoms with Crippen molar-refractivity contribution in [3.8, 4) is 11.1 Å². The van der Waals surface area contributed by atoms with Crippen LogP contribution in [0.4, 0.5) is 13.6 Å². The van der Waals surface area contributed by atoms with E-state index in [9.17, 15) is 23.2 Å². The molecule has 1 aliphatic heterocycles. The number of hydrogen-bond acceptors (Lipinski definition) is 4. The molecule has 0 spiro atoms. The van der Waals surface area contributed by atoms with Crippen LogP contribution in [0, 0.1) is 11.8 Å². The minimum atomic E-state index is -3.50. The normalized spacial score (nSPS) is 20.2. The Morgan fingerprint density at radius 1 is 1.09 bits per heavy atom. The quantitative estimate of drug-likeness (QED) is 0.668. The van der Waals surface area contributed by atoms with Gasteiger partial charge in [0.05, 0.1) is 12.5 Å². The number of benzene rings is 2. The number of amides is 2. The van der Waals surface area contributed by atoms with Gasteiger partial charge < -0.3 is 20.1 Å². The fourth-order valence-corrected chi connectivity index (χ4v) is 4.66. The number of hydrogen-bond donors (Lipinski definition) is 2. The summed E-state index contributed by atoms with van der Waals surface area (Å²) in [5.41, 5.74) is 4.33. The van der Waals surface area contributed by atoms with Gasteiger partial charge in [-0.15, -0.1) is 0 Å². The molecule has 2 aromatic rings. The van der Waals surface area contributed by atoms with Gasteiger partial charge in [0.15, 0.2) is 0 Å². The smallest absolute Gasteiger partial charge is 0.407 e. The summed E-state index contributed by atoms with van der Waals surface area (Å²) in [6, 6.07) is 15.1. The van der Waals surface area contributed by atoms with Gasteiger partial charge in [-0.1, -0.05) is 55.5 Å². The van der Waals surface area contributed by atoms with Crippen molar-refractivity contribution in [1.29, 1.82) is 0 Å². The number of carboxylic acids is 1. The predicted molar refractivity (Wildman–Crippen MR) is 119 cm³/mol. The molecule has 0 aromatic heterocycles. The van der Waals surface area contributed by atoms with Crippen molar-refractivity contribution in [3.63, 3.8) is 0 Å². The summed E-state index contributed by atoms with van der Waals surface area (Å²) in [5, 5.41) is 11.6. The zero-order chi connectivity index (χ0) is 24.6. The largest absolute Gasteiger partial charge is 0.481 e. The van der Waals surface area contributed by atoms with Crippen LogP contribution in [0.3, 0.4) is 0 Å². The average molecular weight is 472 g/mol. The van der Waals surface area contributed by atoms with E-state index in [-0.39, 0.29) is 12.5 Å². The van der Waals surface area contributed by atoms with Crippen molar-refractivity contribution < 1.29 is 33.0 Å². The molecule has 4 rings (SSSR count). The van der Waals surface area contributed by atoms with Crippen LogP contribution in [-0.2, 0) is 14.3 Å². The lowest BCUT2D eigenvalue weighted by Gasteiger charge is -2.25. The fraction of sp³-hybridized carbons (Fsp3) is 0.400. The highest BCUT2D eigenvalue weighted by Crippen LogP contribution is 2.44.